The molecule has 0 atom stereocenters. The molecule has 6 nitrogen and oxygen atoms in total. The van der Waals surface area contributed by atoms with Gasteiger partial charge >= 0.3 is 0 Å². The number of carbonyl (C=O) groups excluding carboxylic acids is 1. The van der Waals surface area contributed by atoms with E-state index < -0.39 is 0 Å². The van der Waals surface area contributed by atoms with Crippen LogP contribution in [0.15, 0.2) is 41.1 Å². The summed E-state index contributed by atoms with van der Waals surface area (Å²) in [5.74, 6) is 2.32. The van der Waals surface area contributed by atoms with Crippen LogP contribution in [0.4, 0.5) is 11.5 Å². The molecule has 4 rings (SSSR count). The van der Waals surface area contributed by atoms with E-state index in [0.29, 0.717) is 0 Å². The molecular formula is C22H30N4O2. The Kier molecular flexibility index (Phi) is 6.27. The summed E-state index contributed by atoms with van der Waals surface area (Å²) in [6.07, 6.45) is 10.2. The first-order valence-electron chi connectivity index (χ1n) is 10.5. The highest BCUT2D eigenvalue weighted by molar-refractivity contribution is 5.92. The van der Waals surface area contributed by atoms with Gasteiger partial charge in [0.25, 0.3) is 0 Å². The Morgan fingerprint density at radius 2 is 1.96 bits per heavy atom. The van der Waals surface area contributed by atoms with Gasteiger partial charge in [-0.15, -0.1) is 0 Å². The summed E-state index contributed by atoms with van der Waals surface area (Å²) in [6, 6.07) is 7.98. The lowest BCUT2D eigenvalue weighted by atomic mass is 9.88. The molecule has 2 fully saturated rings. The molecule has 1 amide bonds. The third-order valence-corrected chi connectivity index (χ3v) is 5.86. The summed E-state index contributed by atoms with van der Waals surface area (Å²) in [4.78, 5) is 21.8. The van der Waals surface area contributed by atoms with E-state index >= 15 is 0 Å². The average Bonchev–Trinajstić information content (AvgIpc) is 3.13. The number of rotatable bonds is 5. The maximum Gasteiger partial charge on any atom is 0.227 e. The Labute approximate surface area is 166 Å². The van der Waals surface area contributed by atoms with Crippen LogP contribution in [0.2, 0.25) is 0 Å². The molecule has 6 heteroatoms. The van der Waals surface area contributed by atoms with Gasteiger partial charge in [-0.3, -0.25) is 9.69 Å². The van der Waals surface area contributed by atoms with Crippen LogP contribution in [0.25, 0.3) is 0 Å². The van der Waals surface area contributed by atoms with Crippen molar-refractivity contribution in [2.45, 2.75) is 45.1 Å². The lowest BCUT2D eigenvalue weighted by Crippen LogP contribution is -2.31. The fourth-order valence-electron chi connectivity index (χ4n) is 4.24. The summed E-state index contributed by atoms with van der Waals surface area (Å²) >= 11 is 0. The molecule has 28 heavy (non-hydrogen) atoms. The van der Waals surface area contributed by atoms with E-state index in [1.54, 1.807) is 12.5 Å². The maximum atomic E-state index is 12.4. The van der Waals surface area contributed by atoms with Crippen LogP contribution in [0, 0.1) is 5.92 Å². The third-order valence-electron chi connectivity index (χ3n) is 5.86. The Morgan fingerprint density at radius 1 is 1.07 bits per heavy atom. The van der Waals surface area contributed by atoms with Gasteiger partial charge in [-0.25, -0.2) is 4.98 Å². The van der Waals surface area contributed by atoms with Crippen LogP contribution in [0.5, 0.6) is 0 Å². The SMILES string of the molecule is O=C(Nc1ccc(N2CCCN(Cc3ccco3)CC2)nc1)C1CCCCC1. The second kappa shape index (κ2) is 9.24. The summed E-state index contributed by atoms with van der Waals surface area (Å²) in [5, 5.41) is 3.05. The first kappa shape index (κ1) is 19.0. The molecule has 1 saturated heterocycles. The topological polar surface area (TPSA) is 61.6 Å². The van der Waals surface area contributed by atoms with Gasteiger partial charge in [-0.05, 0) is 43.5 Å². The van der Waals surface area contributed by atoms with E-state index in [-0.39, 0.29) is 11.8 Å². The van der Waals surface area contributed by atoms with Crippen LogP contribution < -0.4 is 10.2 Å². The lowest BCUT2D eigenvalue weighted by Gasteiger charge is -2.23. The zero-order valence-electron chi connectivity index (χ0n) is 16.5. The van der Waals surface area contributed by atoms with Crippen molar-refractivity contribution in [3.8, 4) is 0 Å². The van der Waals surface area contributed by atoms with Crippen molar-refractivity contribution >= 4 is 17.4 Å². The highest BCUT2D eigenvalue weighted by Gasteiger charge is 2.21. The summed E-state index contributed by atoms with van der Waals surface area (Å²) in [6.45, 7) is 4.85. The van der Waals surface area contributed by atoms with Crippen LogP contribution >= 0.6 is 0 Å². The monoisotopic (exact) mass is 382 g/mol. The minimum absolute atomic E-state index is 0.151. The molecule has 0 aromatic carbocycles. The Hall–Kier alpha value is -2.34. The molecule has 1 N–H and O–H groups in total. The first-order chi connectivity index (χ1) is 13.8. The molecule has 0 unspecified atom stereocenters. The van der Waals surface area contributed by atoms with Crippen LogP contribution in [-0.2, 0) is 11.3 Å². The minimum atomic E-state index is 0.151. The van der Waals surface area contributed by atoms with Crippen molar-refractivity contribution < 1.29 is 9.21 Å². The molecule has 1 saturated carbocycles. The van der Waals surface area contributed by atoms with E-state index in [1.807, 2.05) is 24.3 Å². The molecule has 0 spiro atoms. The number of hydrogen-bond acceptors (Lipinski definition) is 5. The first-order valence-corrected chi connectivity index (χ1v) is 10.5. The highest BCUT2D eigenvalue weighted by Crippen LogP contribution is 2.25. The fraction of sp³-hybridized carbons (Fsp3) is 0.545. The van der Waals surface area contributed by atoms with E-state index in [4.69, 9.17) is 4.42 Å². The number of nitrogens with one attached hydrogen (secondary N) is 1. The van der Waals surface area contributed by atoms with Gasteiger partial charge in [0.05, 0.1) is 24.7 Å². The summed E-state index contributed by atoms with van der Waals surface area (Å²) < 4.78 is 5.47. The standard InChI is InChI=1S/C22H30N4O2/c27-22(18-6-2-1-3-7-18)24-19-9-10-21(23-16-19)26-12-5-11-25(13-14-26)17-20-8-4-15-28-20/h4,8-10,15-16,18H,1-3,5-7,11-14,17H2,(H,24,27). The van der Waals surface area contributed by atoms with Crippen LogP contribution in [-0.4, -0.2) is 42.0 Å². The van der Waals surface area contributed by atoms with Gasteiger partial charge in [0.15, 0.2) is 0 Å². The molecule has 3 heterocycles. The van der Waals surface area contributed by atoms with Gasteiger partial charge in [-0.2, -0.15) is 0 Å². The van der Waals surface area contributed by atoms with Gasteiger partial charge in [-0.1, -0.05) is 19.3 Å². The molecule has 2 aliphatic rings. The van der Waals surface area contributed by atoms with Crippen molar-refractivity contribution in [3.05, 3.63) is 42.5 Å². The maximum absolute atomic E-state index is 12.4. The number of anilines is 2. The normalized spacial score (nSPS) is 19.4. The van der Waals surface area contributed by atoms with E-state index in [0.717, 1.165) is 69.3 Å². The second-order valence-electron chi connectivity index (χ2n) is 7.93. The lowest BCUT2D eigenvalue weighted by molar-refractivity contribution is -0.120. The van der Waals surface area contributed by atoms with Gasteiger partial charge in [0.2, 0.25) is 5.91 Å². The van der Waals surface area contributed by atoms with E-state index in [1.165, 1.54) is 19.3 Å². The number of aromatic nitrogens is 1. The van der Waals surface area contributed by atoms with Crippen molar-refractivity contribution in [1.82, 2.24) is 9.88 Å². The quantitative estimate of drug-likeness (QED) is 0.850. The van der Waals surface area contributed by atoms with Crippen LogP contribution in [0.1, 0.15) is 44.3 Å². The Morgan fingerprint density at radius 3 is 2.71 bits per heavy atom. The number of amides is 1. The van der Waals surface area contributed by atoms with E-state index in [2.05, 4.69) is 20.1 Å². The Bertz CT molecular complexity index is 738. The highest BCUT2D eigenvalue weighted by atomic mass is 16.3. The zero-order chi connectivity index (χ0) is 19.2. The molecule has 0 bridgehead atoms. The molecule has 2 aromatic heterocycles. The zero-order valence-corrected chi connectivity index (χ0v) is 16.5. The predicted molar refractivity (Wildman–Crippen MR) is 110 cm³/mol. The number of carbonyl (C=O) groups is 1. The van der Waals surface area contributed by atoms with Gasteiger partial charge in [0.1, 0.15) is 11.6 Å². The minimum Gasteiger partial charge on any atom is -0.468 e. The number of pyridine rings is 1. The molecule has 0 radical (unpaired) electrons. The van der Waals surface area contributed by atoms with Crippen LogP contribution in [0.3, 0.4) is 0 Å². The molecule has 150 valence electrons. The number of furan rings is 1. The van der Waals surface area contributed by atoms with Gasteiger partial charge < -0.3 is 14.6 Å². The third kappa shape index (κ3) is 4.93. The second-order valence-corrected chi connectivity index (χ2v) is 7.93. The Balaban J connectivity index is 1.30. The fourth-order valence-corrected chi connectivity index (χ4v) is 4.24. The average molecular weight is 383 g/mol. The predicted octanol–water partition coefficient (Wildman–Crippen LogP) is 3.91. The molecule has 1 aliphatic carbocycles. The molecular weight excluding hydrogens is 352 g/mol. The van der Waals surface area contributed by atoms with E-state index in [9.17, 15) is 4.79 Å². The number of nitrogens with zero attached hydrogens (tertiary/aromatic N) is 3. The van der Waals surface area contributed by atoms with Crippen molar-refractivity contribution in [2.24, 2.45) is 5.92 Å². The number of hydrogen-bond donors (Lipinski definition) is 1. The van der Waals surface area contributed by atoms with Crippen molar-refractivity contribution in [3.63, 3.8) is 0 Å². The molecule has 1 aliphatic heterocycles. The smallest absolute Gasteiger partial charge is 0.227 e. The summed E-state index contributed by atoms with van der Waals surface area (Å²) in [5.41, 5.74) is 0.800. The summed E-state index contributed by atoms with van der Waals surface area (Å²) in [7, 11) is 0. The van der Waals surface area contributed by atoms with Gasteiger partial charge in [0, 0.05) is 32.1 Å². The largest absolute Gasteiger partial charge is 0.468 e. The van der Waals surface area contributed by atoms with Crippen molar-refractivity contribution in [1.29, 1.82) is 0 Å². The van der Waals surface area contributed by atoms with Crippen molar-refractivity contribution in [2.75, 3.05) is 36.4 Å². The molecule has 2 aromatic rings.